The third kappa shape index (κ3) is 4.05. The maximum Gasteiger partial charge on any atom is 0.239 e. The van der Waals surface area contributed by atoms with Crippen molar-refractivity contribution in [3.05, 3.63) is 0 Å². The van der Waals surface area contributed by atoms with E-state index in [4.69, 9.17) is 0 Å². The van der Waals surface area contributed by atoms with E-state index in [2.05, 4.69) is 10.0 Å². The van der Waals surface area contributed by atoms with Gasteiger partial charge in [0.25, 0.3) is 0 Å². The number of likely N-dealkylation sites (tertiary alicyclic amines) is 1. The third-order valence-corrected chi connectivity index (χ3v) is 5.19. The summed E-state index contributed by atoms with van der Waals surface area (Å²) in [4.78, 5) is 14.0. The van der Waals surface area contributed by atoms with Crippen molar-refractivity contribution in [2.75, 3.05) is 25.9 Å². The van der Waals surface area contributed by atoms with E-state index in [9.17, 15) is 13.2 Å². The first-order valence-electron chi connectivity index (χ1n) is 6.48. The average molecular weight is 312 g/mol. The highest BCUT2D eigenvalue weighted by Gasteiger charge is 2.36. The van der Waals surface area contributed by atoms with Gasteiger partial charge < -0.3 is 10.2 Å². The van der Waals surface area contributed by atoms with Crippen LogP contribution in [0.25, 0.3) is 0 Å². The van der Waals surface area contributed by atoms with Crippen LogP contribution >= 0.6 is 12.4 Å². The minimum absolute atomic E-state index is 0. The highest BCUT2D eigenvalue weighted by atomic mass is 35.5. The predicted octanol–water partition coefficient (Wildman–Crippen LogP) is -0.300. The Morgan fingerprint density at radius 1 is 1.37 bits per heavy atom. The van der Waals surface area contributed by atoms with Crippen molar-refractivity contribution >= 4 is 28.3 Å². The molecule has 0 aliphatic carbocycles. The largest absolute Gasteiger partial charge is 0.337 e. The molecule has 2 saturated heterocycles. The highest BCUT2D eigenvalue weighted by Crippen LogP contribution is 2.21. The second kappa shape index (κ2) is 6.88. The number of hydrogen-bond acceptors (Lipinski definition) is 4. The molecule has 2 atom stereocenters. The Hall–Kier alpha value is -0.370. The maximum absolute atomic E-state index is 12.3. The summed E-state index contributed by atoms with van der Waals surface area (Å²) in [6.07, 6.45) is 3.55. The van der Waals surface area contributed by atoms with E-state index in [1.54, 1.807) is 4.90 Å². The molecule has 2 heterocycles. The molecule has 0 bridgehead atoms. The van der Waals surface area contributed by atoms with Gasteiger partial charge in [-0.25, -0.2) is 13.1 Å². The number of halogens is 1. The molecular formula is C11H22ClN3O3S. The van der Waals surface area contributed by atoms with Crippen LogP contribution in [0.4, 0.5) is 0 Å². The van der Waals surface area contributed by atoms with Crippen LogP contribution in [0.15, 0.2) is 0 Å². The van der Waals surface area contributed by atoms with Crippen molar-refractivity contribution in [1.29, 1.82) is 0 Å². The van der Waals surface area contributed by atoms with E-state index in [0.717, 1.165) is 32.2 Å². The number of rotatable bonds is 4. The number of carbonyl (C=O) groups is 1. The van der Waals surface area contributed by atoms with Gasteiger partial charge in [0.1, 0.15) is 0 Å². The lowest BCUT2D eigenvalue weighted by Crippen LogP contribution is -2.48. The Morgan fingerprint density at radius 3 is 2.68 bits per heavy atom. The molecule has 2 aliphatic rings. The van der Waals surface area contributed by atoms with Crippen molar-refractivity contribution in [1.82, 2.24) is 14.9 Å². The topological polar surface area (TPSA) is 78.5 Å². The van der Waals surface area contributed by atoms with Crippen LogP contribution in [0.1, 0.15) is 25.7 Å². The minimum atomic E-state index is -3.26. The minimum Gasteiger partial charge on any atom is -0.337 e. The van der Waals surface area contributed by atoms with E-state index < -0.39 is 10.0 Å². The van der Waals surface area contributed by atoms with Gasteiger partial charge in [-0.3, -0.25) is 4.79 Å². The van der Waals surface area contributed by atoms with Crippen LogP contribution in [0, 0.1) is 0 Å². The van der Waals surface area contributed by atoms with Crippen LogP contribution in [0.5, 0.6) is 0 Å². The number of nitrogens with zero attached hydrogens (tertiary/aromatic N) is 1. The number of hydrogen-bond donors (Lipinski definition) is 2. The molecule has 2 fully saturated rings. The summed E-state index contributed by atoms with van der Waals surface area (Å²) in [5.41, 5.74) is 0. The first-order chi connectivity index (χ1) is 8.53. The second-order valence-electron chi connectivity index (χ2n) is 4.96. The molecule has 0 aromatic carbocycles. The fraction of sp³-hybridized carbons (Fsp3) is 0.909. The molecule has 2 rings (SSSR count). The quantitative estimate of drug-likeness (QED) is 0.747. The standard InChI is InChI=1S/C11H21N3O3S.ClH/c1-12-18(16,17)8-9-4-3-7-14(9)11(15)10-5-2-6-13-10;/h9-10,12-13H,2-8H2,1H3;1H. The number of carbonyl (C=O) groups excluding carboxylic acids is 1. The normalized spacial score (nSPS) is 27.3. The highest BCUT2D eigenvalue weighted by molar-refractivity contribution is 7.89. The first-order valence-corrected chi connectivity index (χ1v) is 8.14. The number of sulfonamides is 1. The lowest BCUT2D eigenvalue weighted by Gasteiger charge is -2.27. The van der Waals surface area contributed by atoms with Crippen LogP contribution in [0.2, 0.25) is 0 Å². The second-order valence-corrected chi connectivity index (χ2v) is 6.93. The van der Waals surface area contributed by atoms with Crippen LogP contribution < -0.4 is 10.0 Å². The molecule has 19 heavy (non-hydrogen) atoms. The summed E-state index contributed by atoms with van der Waals surface area (Å²) in [5, 5.41) is 3.17. The van der Waals surface area contributed by atoms with Gasteiger partial charge in [-0.2, -0.15) is 0 Å². The molecule has 2 N–H and O–H groups in total. The molecule has 2 unspecified atom stereocenters. The molecule has 0 aromatic rings. The van der Waals surface area contributed by atoms with Crippen LogP contribution in [0.3, 0.4) is 0 Å². The van der Waals surface area contributed by atoms with Gasteiger partial charge in [0.15, 0.2) is 0 Å². The van der Waals surface area contributed by atoms with Gasteiger partial charge in [-0.15, -0.1) is 12.4 Å². The molecule has 112 valence electrons. The molecule has 0 spiro atoms. The fourth-order valence-electron chi connectivity index (χ4n) is 2.73. The molecule has 0 aromatic heterocycles. The van der Waals surface area contributed by atoms with Crippen LogP contribution in [-0.4, -0.2) is 57.2 Å². The third-order valence-electron chi connectivity index (χ3n) is 3.74. The Morgan fingerprint density at radius 2 is 2.11 bits per heavy atom. The monoisotopic (exact) mass is 311 g/mol. The average Bonchev–Trinajstić information content (AvgIpc) is 2.98. The Labute approximate surface area is 120 Å². The van der Waals surface area contributed by atoms with E-state index in [0.29, 0.717) is 6.54 Å². The lowest BCUT2D eigenvalue weighted by molar-refractivity contribution is -0.133. The van der Waals surface area contributed by atoms with Crippen molar-refractivity contribution < 1.29 is 13.2 Å². The number of amides is 1. The fourth-order valence-corrected chi connectivity index (χ4v) is 3.75. The molecule has 6 nitrogen and oxygen atoms in total. The van der Waals surface area contributed by atoms with Crippen molar-refractivity contribution in [3.8, 4) is 0 Å². The first kappa shape index (κ1) is 16.7. The maximum atomic E-state index is 12.3. The van der Waals surface area contributed by atoms with Crippen LogP contribution in [-0.2, 0) is 14.8 Å². The molecule has 2 aliphatic heterocycles. The Bertz CT molecular complexity index is 409. The van der Waals surface area contributed by atoms with Crippen molar-refractivity contribution in [2.45, 2.75) is 37.8 Å². The molecule has 1 amide bonds. The zero-order chi connectivity index (χ0) is 13.2. The smallest absolute Gasteiger partial charge is 0.239 e. The van der Waals surface area contributed by atoms with E-state index >= 15 is 0 Å². The molecule has 8 heteroatoms. The number of nitrogens with one attached hydrogen (secondary N) is 2. The van der Waals surface area contributed by atoms with Gasteiger partial charge in [-0.05, 0) is 39.3 Å². The zero-order valence-corrected chi connectivity index (χ0v) is 12.7. The molecule has 0 saturated carbocycles. The Balaban J connectivity index is 0.00000180. The summed E-state index contributed by atoms with van der Waals surface area (Å²) in [6, 6.07) is -0.278. The SMILES string of the molecule is CNS(=O)(=O)CC1CCCN1C(=O)C1CCCN1.Cl. The lowest BCUT2D eigenvalue weighted by atomic mass is 10.2. The van der Waals surface area contributed by atoms with Gasteiger partial charge in [0.05, 0.1) is 11.8 Å². The van der Waals surface area contributed by atoms with E-state index in [1.807, 2.05) is 0 Å². The van der Waals surface area contributed by atoms with Gasteiger partial charge >= 0.3 is 0 Å². The van der Waals surface area contributed by atoms with Gasteiger partial charge in [-0.1, -0.05) is 0 Å². The summed E-state index contributed by atoms with van der Waals surface area (Å²) < 4.78 is 25.5. The summed E-state index contributed by atoms with van der Waals surface area (Å²) in [7, 11) is -1.85. The zero-order valence-electron chi connectivity index (χ0n) is 11.1. The summed E-state index contributed by atoms with van der Waals surface area (Å²) in [6.45, 7) is 1.56. The Kier molecular flexibility index (Phi) is 6.04. The van der Waals surface area contributed by atoms with Gasteiger partial charge in [0.2, 0.25) is 15.9 Å². The predicted molar refractivity (Wildman–Crippen MR) is 75.9 cm³/mol. The summed E-state index contributed by atoms with van der Waals surface area (Å²) >= 11 is 0. The molecule has 0 radical (unpaired) electrons. The van der Waals surface area contributed by atoms with E-state index in [1.165, 1.54) is 7.05 Å². The van der Waals surface area contributed by atoms with Crippen molar-refractivity contribution in [2.24, 2.45) is 0 Å². The van der Waals surface area contributed by atoms with Gasteiger partial charge in [0, 0.05) is 12.6 Å². The van der Waals surface area contributed by atoms with E-state index in [-0.39, 0.29) is 36.2 Å². The summed E-state index contributed by atoms with van der Waals surface area (Å²) in [5.74, 6) is 0.0865. The van der Waals surface area contributed by atoms with Crippen molar-refractivity contribution in [3.63, 3.8) is 0 Å². The molecular weight excluding hydrogens is 290 g/mol.